The third-order valence-corrected chi connectivity index (χ3v) is 3.78. The second-order valence-electron chi connectivity index (χ2n) is 5.63. The number of methoxy groups -OCH3 is 2. The Morgan fingerprint density at radius 2 is 1.88 bits per heavy atom. The molecule has 0 aromatic rings. The number of hydrogen-bond donors (Lipinski definition) is 1. The fourth-order valence-electron chi connectivity index (χ4n) is 2.31. The van der Waals surface area contributed by atoms with E-state index < -0.39 is 0 Å². The van der Waals surface area contributed by atoms with Crippen LogP contribution in [-0.4, -0.2) is 88.7 Å². The minimum Gasteiger partial charge on any atom is -0.469 e. The first kappa shape index (κ1) is 22.9. The van der Waals surface area contributed by atoms with Gasteiger partial charge in [-0.15, -0.1) is 24.0 Å². The summed E-state index contributed by atoms with van der Waals surface area (Å²) in [6.45, 7) is 2.67. The van der Waals surface area contributed by atoms with Crippen molar-refractivity contribution in [1.29, 1.82) is 0 Å². The molecule has 24 heavy (non-hydrogen) atoms. The molecule has 0 saturated carbocycles. The van der Waals surface area contributed by atoms with Crippen LogP contribution < -0.4 is 5.32 Å². The first-order valence-corrected chi connectivity index (χ1v) is 7.79. The van der Waals surface area contributed by atoms with Crippen LogP contribution in [0.5, 0.6) is 0 Å². The van der Waals surface area contributed by atoms with E-state index >= 15 is 0 Å². The van der Waals surface area contributed by atoms with Gasteiger partial charge in [0, 0.05) is 40.8 Å². The summed E-state index contributed by atoms with van der Waals surface area (Å²) < 4.78 is 9.83. The minimum absolute atomic E-state index is 0. The third-order valence-electron chi connectivity index (χ3n) is 3.78. The van der Waals surface area contributed by atoms with Gasteiger partial charge >= 0.3 is 5.97 Å². The summed E-state index contributed by atoms with van der Waals surface area (Å²) >= 11 is 0. The van der Waals surface area contributed by atoms with Gasteiger partial charge in [0.1, 0.15) is 6.54 Å². The van der Waals surface area contributed by atoms with Gasteiger partial charge in [0.25, 0.3) is 0 Å². The topological polar surface area (TPSA) is 83.5 Å². The van der Waals surface area contributed by atoms with Gasteiger partial charge in [0.05, 0.1) is 19.6 Å². The van der Waals surface area contributed by atoms with Gasteiger partial charge in [0.2, 0.25) is 5.91 Å². The van der Waals surface area contributed by atoms with E-state index in [0.717, 1.165) is 12.8 Å². The lowest BCUT2D eigenvalue weighted by molar-refractivity contribution is -0.146. The van der Waals surface area contributed by atoms with Gasteiger partial charge in [-0.2, -0.15) is 0 Å². The number of carbonyl (C=O) groups excluding carboxylic acids is 2. The van der Waals surface area contributed by atoms with Crippen molar-refractivity contribution in [1.82, 2.24) is 15.1 Å². The number of nitrogens with one attached hydrogen (secondary N) is 1. The predicted octanol–water partition coefficient (Wildman–Crippen LogP) is 0.170. The van der Waals surface area contributed by atoms with Crippen LogP contribution in [0.3, 0.4) is 0 Å². The Morgan fingerprint density at radius 3 is 2.38 bits per heavy atom. The zero-order valence-electron chi connectivity index (χ0n) is 14.9. The largest absolute Gasteiger partial charge is 0.469 e. The number of esters is 1. The van der Waals surface area contributed by atoms with Crippen LogP contribution in [0.4, 0.5) is 0 Å². The molecule has 1 amide bonds. The maximum Gasteiger partial charge on any atom is 0.308 e. The van der Waals surface area contributed by atoms with E-state index in [1.54, 1.807) is 21.2 Å². The second-order valence-corrected chi connectivity index (χ2v) is 5.63. The predicted molar refractivity (Wildman–Crippen MR) is 103 cm³/mol. The summed E-state index contributed by atoms with van der Waals surface area (Å²) in [6.07, 6.45) is 1.44. The van der Waals surface area contributed by atoms with E-state index in [1.165, 1.54) is 12.0 Å². The number of nitrogens with zero attached hydrogens (tertiary/aromatic N) is 3. The number of rotatable bonds is 6. The molecular formula is C15H29IN4O4. The van der Waals surface area contributed by atoms with Crippen LogP contribution in [0.15, 0.2) is 4.99 Å². The third kappa shape index (κ3) is 7.65. The number of carbonyl (C=O) groups is 2. The first-order valence-electron chi connectivity index (χ1n) is 7.79. The van der Waals surface area contributed by atoms with Crippen molar-refractivity contribution in [3.63, 3.8) is 0 Å². The highest BCUT2D eigenvalue weighted by Crippen LogP contribution is 2.18. The molecule has 0 aromatic carbocycles. The fraction of sp³-hybridized carbons (Fsp3) is 0.800. The monoisotopic (exact) mass is 456 g/mol. The minimum atomic E-state index is -0.154. The van der Waals surface area contributed by atoms with Gasteiger partial charge in [-0.25, -0.2) is 4.99 Å². The van der Waals surface area contributed by atoms with Crippen molar-refractivity contribution < 1.29 is 19.1 Å². The van der Waals surface area contributed by atoms with Gasteiger partial charge < -0.3 is 24.6 Å². The molecule has 1 aliphatic heterocycles. The highest BCUT2D eigenvalue weighted by atomic mass is 127. The van der Waals surface area contributed by atoms with Crippen LogP contribution in [0, 0.1) is 5.92 Å². The van der Waals surface area contributed by atoms with E-state index in [-0.39, 0.29) is 48.3 Å². The van der Waals surface area contributed by atoms with Crippen LogP contribution in [0.25, 0.3) is 0 Å². The normalized spacial score (nSPS) is 15.5. The summed E-state index contributed by atoms with van der Waals surface area (Å²) in [7, 11) is 6.46. The molecule has 1 saturated heterocycles. The summed E-state index contributed by atoms with van der Waals surface area (Å²) in [6, 6.07) is 0. The molecule has 1 N–H and O–H groups in total. The van der Waals surface area contributed by atoms with Gasteiger partial charge in [-0.05, 0) is 12.8 Å². The average molecular weight is 456 g/mol. The molecule has 0 bridgehead atoms. The van der Waals surface area contributed by atoms with E-state index in [1.807, 2.05) is 0 Å². The molecule has 1 heterocycles. The van der Waals surface area contributed by atoms with Crippen molar-refractivity contribution in [2.24, 2.45) is 10.9 Å². The van der Waals surface area contributed by atoms with E-state index in [2.05, 4.69) is 15.2 Å². The van der Waals surface area contributed by atoms with Crippen LogP contribution in [-0.2, 0) is 19.1 Å². The Balaban J connectivity index is 0.00000529. The van der Waals surface area contributed by atoms with E-state index in [9.17, 15) is 9.59 Å². The summed E-state index contributed by atoms with van der Waals surface area (Å²) in [5.41, 5.74) is 0. The molecule has 0 aliphatic carbocycles. The van der Waals surface area contributed by atoms with Crippen molar-refractivity contribution in [2.45, 2.75) is 12.8 Å². The molecule has 1 rings (SSSR count). The Kier molecular flexibility index (Phi) is 11.7. The molecule has 9 heteroatoms. The SMILES string of the molecule is COCCNC(=NCC(=O)N(C)C)N1CCC(C(=O)OC)CC1.I. The van der Waals surface area contributed by atoms with Crippen molar-refractivity contribution in [2.75, 3.05) is 61.1 Å². The Hall–Kier alpha value is -1.10. The molecule has 0 spiro atoms. The molecule has 1 fully saturated rings. The van der Waals surface area contributed by atoms with E-state index in [0.29, 0.717) is 32.2 Å². The van der Waals surface area contributed by atoms with Crippen molar-refractivity contribution in [3.05, 3.63) is 0 Å². The zero-order valence-corrected chi connectivity index (χ0v) is 17.2. The lowest BCUT2D eigenvalue weighted by Gasteiger charge is -2.33. The average Bonchev–Trinajstić information content (AvgIpc) is 2.57. The van der Waals surface area contributed by atoms with Crippen LogP contribution >= 0.6 is 24.0 Å². The molecule has 8 nitrogen and oxygen atoms in total. The van der Waals surface area contributed by atoms with Gasteiger partial charge in [0.15, 0.2) is 5.96 Å². The molecule has 0 aromatic heterocycles. The standard InChI is InChI=1S/C15H28N4O4.HI/c1-18(2)13(20)11-17-15(16-7-10-22-3)19-8-5-12(6-9-19)14(21)23-4;/h12H,5-11H2,1-4H3,(H,16,17);1H. The van der Waals surface area contributed by atoms with Gasteiger partial charge in [-0.1, -0.05) is 0 Å². The number of likely N-dealkylation sites (N-methyl/N-ethyl adjacent to an activating group) is 1. The van der Waals surface area contributed by atoms with Crippen molar-refractivity contribution >= 4 is 41.8 Å². The van der Waals surface area contributed by atoms with E-state index in [4.69, 9.17) is 9.47 Å². The highest BCUT2D eigenvalue weighted by Gasteiger charge is 2.27. The molecule has 140 valence electrons. The molecule has 0 unspecified atom stereocenters. The van der Waals surface area contributed by atoms with Gasteiger partial charge in [-0.3, -0.25) is 9.59 Å². The molecular weight excluding hydrogens is 427 g/mol. The zero-order chi connectivity index (χ0) is 17.2. The number of halogens is 1. The van der Waals surface area contributed by atoms with Crippen molar-refractivity contribution in [3.8, 4) is 0 Å². The van der Waals surface area contributed by atoms with Crippen LogP contribution in [0.1, 0.15) is 12.8 Å². The summed E-state index contributed by atoms with van der Waals surface area (Å²) in [5, 5.41) is 3.21. The van der Waals surface area contributed by atoms with Crippen LogP contribution in [0.2, 0.25) is 0 Å². The lowest BCUT2D eigenvalue weighted by atomic mass is 9.97. The Bertz CT molecular complexity index is 424. The number of amides is 1. The number of hydrogen-bond acceptors (Lipinski definition) is 5. The second kappa shape index (κ2) is 12.3. The maximum absolute atomic E-state index is 11.7. The lowest BCUT2D eigenvalue weighted by Crippen LogP contribution is -2.47. The summed E-state index contributed by atoms with van der Waals surface area (Å²) in [4.78, 5) is 31.3. The first-order chi connectivity index (χ1) is 11.0. The quantitative estimate of drug-likeness (QED) is 0.202. The fourth-order valence-corrected chi connectivity index (χ4v) is 2.31. The Morgan fingerprint density at radius 1 is 1.25 bits per heavy atom. The highest BCUT2D eigenvalue weighted by molar-refractivity contribution is 14.0. The molecule has 0 radical (unpaired) electrons. The molecule has 1 aliphatic rings. The Labute approximate surface area is 161 Å². The number of ether oxygens (including phenoxy) is 2. The number of aliphatic imine (C=N–C) groups is 1. The number of likely N-dealkylation sites (tertiary alicyclic amines) is 1. The summed E-state index contributed by atoms with van der Waals surface area (Å²) in [5.74, 6) is 0.416. The maximum atomic E-state index is 11.7. The number of piperidine rings is 1. The molecule has 0 atom stereocenters. The smallest absolute Gasteiger partial charge is 0.308 e. The number of guanidine groups is 1.